The van der Waals surface area contributed by atoms with Gasteiger partial charge in [-0.2, -0.15) is 0 Å². The van der Waals surface area contributed by atoms with E-state index in [1.54, 1.807) is 23.8 Å². The minimum atomic E-state index is -0.409. The van der Waals surface area contributed by atoms with Gasteiger partial charge in [0.15, 0.2) is 10.3 Å². The molecule has 0 saturated carbocycles. The molecule has 0 aliphatic carbocycles. The summed E-state index contributed by atoms with van der Waals surface area (Å²) in [6.07, 6.45) is 0.0937. The fraction of sp³-hybridized carbons (Fsp3) is 0.250. The zero-order valence-corrected chi connectivity index (χ0v) is 18.6. The van der Waals surface area contributed by atoms with Gasteiger partial charge in [0.25, 0.3) is 0 Å². The minimum absolute atomic E-state index is 0.0322. The van der Waals surface area contributed by atoms with Gasteiger partial charge in [-0.05, 0) is 31.5 Å². The molecule has 2 heterocycles. The Hall–Kier alpha value is -3.31. The Labute approximate surface area is 186 Å². The van der Waals surface area contributed by atoms with E-state index in [1.165, 1.54) is 22.7 Å². The number of hydrogen-bond donors (Lipinski definition) is 3. The summed E-state index contributed by atoms with van der Waals surface area (Å²) in [5.74, 6) is -0.655. The van der Waals surface area contributed by atoms with E-state index in [1.807, 2.05) is 25.1 Å². The number of aromatic nitrogens is 2. The van der Waals surface area contributed by atoms with Crippen molar-refractivity contribution in [2.24, 2.45) is 0 Å². The first-order chi connectivity index (χ1) is 14.9. The summed E-state index contributed by atoms with van der Waals surface area (Å²) in [6, 6.07) is 7.03. The van der Waals surface area contributed by atoms with Crippen molar-refractivity contribution in [1.29, 1.82) is 0 Å². The number of carbonyl (C=O) groups excluding carboxylic acids is 3. The fourth-order valence-corrected chi connectivity index (χ4v) is 3.99. The molecule has 0 aliphatic heterocycles. The van der Waals surface area contributed by atoms with Crippen LogP contribution in [0.2, 0.25) is 0 Å². The van der Waals surface area contributed by atoms with E-state index in [9.17, 15) is 14.4 Å². The Morgan fingerprint density at radius 2 is 1.65 bits per heavy atom. The topological polar surface area (TPSA) is 122 Å². The average molecular weight is 460 g/mol. The summed E-state index contributed by atoms with van der Waals surface area (Å²) in [5.41, 5.74) is 2.78. The van der Waals surface area contributed by atoms with E-state index in [-0.39, 0.29) is 24.7 Å². The second-order valence-corrected chi connectivity index (χ2v) is 8.16. The number of nitrogens with zero attached hydrogens (tertiary/aromatic N) is 2. The summed E-state index contributed by atoms with van der Waals surface area (Å²) in [7, 11) is 0. The van der Waals surface area contributed by atoms with Crippen LogP contribution in [-0.2, 0) is 27.2 Å². The van der Waals surface area contributed by atoms with Crippen LogP contribution in [0, 0.1) is 6.92 Å². The molecule has 1 aromatic carbocycles. The predicted molar refractivity (Wildman–Crippen MR) is 121 cm³/mol. The highest BCUT2D eigenvalue weighted by Crippen LogP contribution is 2.19. The molecule has 0 unspecified atom stereocenters. The van der Waals surface area contributed by atoms with Crippen molar-refractivity contribution in [2.75, 3.05) is 22.6 Å². The minimum Gasteiger partial charge on any atom is -0.466 e. The van der Waals surface area contributed by atoms with Gasteiger partial charge in [-0.25, -0.2) is 14.8 Å². The number of thiazole rings is 2. The number of amides is 3. The molecule has 11 heteroatoms. The fourth-order valence-electron chi connectivity index (χ4n) is 2.56. The Balaban J connectivity index is 1.48. The number of carbonyl (C=O) groups is 3. The lowest BCUT2D eigenvalue weighted by Gasteiger charge is -2.05. The first kappa shape index (κ1) is 22.4. The van der Waals surface area contributed by atoms with Gasteiger partial charge in [-0.3, -0.25) is 14.9 Å². The molecule has 0 aliphatic rings. The molecular weight excluding hydrogens is 438 g/mol. The molecular formula is C20H21N5O4S2. The molecule has 3 amide bonds. The van der Waals surface area contributed by atoms with Gasteiger partial charge in [0.1, 0.15) is 0 Å². The molecule has 2 aromatic heterocycles. The second-order valence-electron chi connectivity index (χ2n) is 6.44. The van der Waals surface area contributed by atoms with Gasteiger partial charge >= 0.3 is 12.0 Å². The molecule has 162 valence electrons. The van der Waals surface area contributed by atoms with Crippen LogP contribution in [0.3, 0.4) is 0 Å². The van der Waals surface area contributed by atoms with Crippen molar-refractivity contribution < 1.29 is 19.1 Å². The average Bonchev–Trinajstić information content (AvgIpc) is 3.31. The maximum absolute atomic E-state index is 12.2. The number of esters is 1. The first-order valence-corrected chi connectivity index (χ1v) is 11.2. The molecule has 0 saturated heterocycles. The van der Waals surface area contributed by atoms with E-state index >= 15 is 0 Å². The number of urea groups is 1. The SMILES string of the molecule is CCOC(=O)Cc1csc(NC(=O)Cc2csc(NC(=O)Nc3cccc(C)c3)n2)n1. The van der Waals surface area contributed by atoms with Gasteiger partial charge in [0.2, 0.25) is 5.91 Å². The van der Waals surface area contributed by atoms with Gasteiger partial charge in [0, 0.05) is 16.4 Å². The molecule has 0 fully saturated rings. The number of rotatable bonds is 8. The zero-order chi connectivity index (χ0) is 22.2. The maximum Gasteiger partial charge on any atom is 0.325 e. The number of anilines is 3. The third-order valence-electron chi connectivity index (χ3n) is 3.82. The highest BCUT2D eigenvalue weighted by Gasteiger charge is 2.13. The lowest BCUT2D eigenvalue weighted by molar-refractivity contribution is -0.142. The van der Waals surface area contributed by atoms with Crippen LogP contribution in [-0.4, -0.2) is 34.5 Å². The number of nitrogens with one attached hydrogen (secondary N) is 3. The van der Waals surface area contributed by atoms with E-state index in [0.717, 1.165) is 5.56 Å². The summed E-state index contributed by atoms with van der Waals surface area (Å²) in [5, 5.41) is 12.3. The molecule has 3 aromatic rings. The van der Waals surface area contributed by atoms with Crippen LogP contribution in [0.1, 0.15) is 23.9 Å². The van der Waals surface area contributed by atoms with E-state index in [4.69, 9.17) is 4.74 Å². The Bertz CT molecular complexity index is 1080. The molecule has 0 spiro atoms. The van der Waals surface area contributed by atoms with E-state index in [2.05, 4.69) is 25.9 Å². The molecule has 3 N–H and O–H groups in total. The monoisotopic (exact) mass is 459 g/mol. The zero-order valence-electron chi connectivity index (χ0n) is 16.9. The number of ether oxygens (including phenoxy) is 1. The van der Waals surface area contributed by atoms with Gasteiger partial charge in [0.05, 0.1) is 30.8 Å². The van der Waals surface area contributed by atoms with Crippen molar-refractivity contribution in [3.05, 3.63) is 52.0 Å². The first-order valence-electron chi connectivity index (χ1n) is 9.40. The molecule has 0 radical (unpaired) electrons. The van der Waals surface area contributed by atoms with Crippen molar-refractivity contribution in [3.63, 3.8) is 0 Å². The van der Waals surface area contributed by atoms with Gasteiger partial charge in [-0.1, -0.05) is 12.1 Å². The summed E-state index contributed by atoms with van der Waals surface area (Å²) >= 11 is 2.46. The third kappa shape index (κ3) is 7.15. The van der Waals surface area contributed by atoms with Crippen LogP contribution >= 0.6 is 22.7 Å². The van der Waals surface area contributed by atoms with E-state index in [0.29, 0.717) is 33.9 Å². The van der Waals surface area contributed by atoms with Gasteiger partial charge in [-0.15, -0.1) is 22.7 Å². The van der Waals surface area contributed by atoms with Gasteiger partial charge < -0.3 is 15.4 Å². The molecule has 31 heavy (non-hydrogen) atoms. The predicted octanol–water partition coefficient (Wildman–Crippen LogP) is 3.84. The number of hydrogen-bond acceptors (Lipinski definition) is 8. The standard InChI is InChI=1S/C20H21N5O4S2/c1-3-29-17(27)9-15-11-30-19(23-15)24-16(26)8-14-10-31-20(22-14)25-18(28)21-13-6-4-5-12(2)7-13/h4-7,10-11H,3,8-9H2,1-2H3,(H,23,24,26)(H2,21,22,25,28). The van der Waals surface area contributed by atoms with Crippen LogP contribution in [0.4, 0.5) is 20.7 Å². The number of aryl methyl sites for hydroxylation is 1. The van der Waals surface area contributed by atoms with Crippen LogP contribution in [0.5, 0.6) is 0 Å². The van der Waals surface area contributed by atoms with Crippen LogP contribution in [0.15, 0.2) is 35.0 Å². The lowest BCUT2D eigenvalue weighted by atomic mass is 10.2. The summed E-state index contributed by atoms with van der Waals surface area (Å²) in [4.78, 5) is 44.3. The largest absolute Gasteiger partial charge is 0.466 e. The normalized spacial score (nSPS) is 10.4. The highest BCUT2D eigenvalue weighted by molar-refractivity contribution is 7.14. The number of benzene rings is 1. The Kier molecular flexibility index (Phi) is 7.68. The van der Waals surface area contributed by atoms with Crippen molar-refractivity contribution in [3.8, 4) is 0 Å². The summed E-state index contributed by atoms with van der Waals surface area (Å²) < 4.78 is 4.88. The smallest absolute Gasteiger partial charge is 0.325 e. The highest BCUT2D eigenvalue weighted by atomic mass is 32.1. The van der Waals surface area contributed by atoms with Crippen LogP contribution < -0.4 is 16.0 Å². The maximum atomic E-state index is 12.2. The third-order valence-corrected chi connectivity index (χ3v) is 5.43. The Morgan fingerprint density at radius 3 is 2.32 bits per heavy atom. The second kappa shape index (κ2) is 10.6. The van der Waals surface area contributed by atoms with Crippen LogP contribution in [0.25, 0.3) is 0 Å². The lowest BCUT2D eigenvalue weighted by Crippen LogP contribution is -2.19. The molecule has 3 rings (SSSR count). The van der Waals surface area contributed by atoms with E-state index < -0.39 is 6.03 Å². The summed E-state index contributed by atoms with van der Waals surface area (Å²) in [6.45, 7) is 3.99. The molecule has 0 atom stereocenters. The quantitative estimate of drug-likeness (QED) is 0.440. The van der Waals surface area contributed by atoms with Crippen molar-refractivity contribution in [1.82, 2.24) is 9.97 Å². The van der Waals surface area contributed by atoms with Crippen molar-refractivity contribution >= 4 is 56.5 Å². The molecule has 0 bridgehead atoms. The van der Waals surface area contributed by atoms with Crippen molar-refractivity contribution in [2.45, 2.75) is 26.7 Å². The Morgan fingerprint density at radius 1 is 0.968 bits per heavy atom. The molecule has 9 nitrogen and oxygen atoms in total.